The summed E-state index contributed by atoms with van der Waals surface area (Å²) in [5, 5.41) is 2.08. The number of anilines is 1. The molecule has 0 amide bonds. The van der Waals surface area contributed by atoms with Gasteiger partial charge in [0.05, 0.1) is 5.52 Å². The van der Waals surface area contributed by atoms with Crippen LogP contribution in [0.5, 0.6) is 0 Å². The molecule has 3 heterocycles. The summed E-state index contributed by atoms with van der Waals surface area (Å²) in [4.78, 5) is 11.8. The molecule has 0 atom stereocenters. The molecular formula is C16H12N4. The lowest BCUT2D eigenvalue weighted by Crippen LogP contribution is -1.89. The van der Waals surface area contributed by atoms with Gasteiger partial charge < -0.3 is 10.7 Å². The fourth-order valence-electron chi connectivity index (χ4n) is 2.53. The largest absolute Gasteiger partial charge is 0.398 e. The van der Waals surface area contributed by atoms with Gasteiger partial charge in [0, 0.05) is 40.6 Å². The number of fused-ring (bicyclic) bond motifs is 2. The van der Waals surface area contributed by atoms with Gasteiger partial charge in [0.1, 0.15) is 5.65 Å². The van der Waals surface area contributed by atoms with Crippen LogP contribution in [0.3, 0.4) is 0 Å². The van der Waals surface area contributed by atoms with Crippen LogP contribution in [0.25, 0.3) is 33.1 Å². The second-order valence-corrected chi connectivity index (χ2v) is 4.73. The number of aromatic amines is 1. The monoisotopic (exact) mass is 260 g/mol. The molecule has 0 fully saturated rings. The number of pyridine rings is 2. The van der Waals surface area contributed by atoms with Gasteiger partial charge in [-0.05, 0) is 35.9 Å². The molecular weight excluding hydrogens is 248 g/mol. The Morgan fingerprint density at radius 1 is 0.950 bits per heavy atom. The molecule has 4 heteroatoms. The van der Waals surface area contributed by atoms with E-state index < -0.39 is 0 Å². The maximum atomic E-state index is 6.03. The molecule has 4 aromatic rings. The highest BCUT2D eigenvalue weighted by Crippen LogP contribution is 2.30. The summed E-state index contributed by atoms with van der Waals surface area (Å²) in [6.45, 7) is 0. The van der Waals surface area contributed by atoms with Gasteiger partial charge in [0.25, 0.3) is 0 Å². The van der Waals surface area contributed by atoms with Crippen molar-refractivity contribution in [3.8, 4) is 11.1 Å². The minimum Gasteiger partial charge on any atom is -0.398 e. The van der Waals surface area contributed by atoms with Gasteiger partial charge in [-0.2, -0.15) is 0 Å². The number of hydrogen-bond acceptors (Lipinski definition) is 3. The summed E-state index contributed by atoms with van der Waals surface area (Å²) in [6.07, 6.45) is 5.49. The first kappa shape index (κ1) is 11.0. The van der Waals surface area contributed by atoms with Crippen molar-refractivity contribution in [2.45, 2.75) is 0 Å². The molecule has 20 heavy (non-hydrogen) atoms. The van der Waals surface area contributed by atoms with Gasteiger partial charge in [0.15, 0.2) is 0 Å². The molecule has 0 spiro atoms. The second kappa shape index (κ2) is 4.06. The maximum absolute atomic E-state index is 6.03. The average molecular weight is 260 g/mol. The van der Waals surface area contributed by atoms with E-state index in [1.54, 1.807) is 12.4 Å². The third kappa shape index (κ3) is 1.55. The molecule has 4 nitrogen and oxygen atoms in total. The van der Waals surface area contributed by atoms with Crippen molar-refractivity contribution in [2.24, 2.45) is 0 Å². The smallest absolute Gasteiger partial charge is 0.137 e. The third-order valence-electron chi connectivity index (χ3n) is 3.54. The van der Waals surface area contributed by atoms with Crippen molar-refractivity contribution in [1.82, 2.24) is 15.0 Å². The Morgan fingerprint density at radius 2 is 1.90 bits per heavy atom. The quantitative estimate of drug-likeness (QED) is 0.551. The second-order valence-electron chi connectivity index (χ2n) is 4.73. The molecule has 96 valence electrons. The van der Waals surface area contributed by atoms with Crippen molar-refractivity contribution in [3.05, 3.63) is 55.0 Å². The lowest BCUT2D eigenvalue weighted by molar-refractivity contribution is 1.33. The van der Waals surface area contributed by atoms with Crippen LogP contribution in [0, 0.1) is 0 Å². The van der Waals surface area contributed by atoms with Crippen LogP contribution in [-0.4, -0.2) is 15.0 Å². The fraction of sp³-hybridized carbons (Fsp3) is 0. The van der Waals surface area contributed by atoms with Crippen LogP contribution in [0.4, 0.5) is 5.69 Å². The Hall–Kier alpha value is -2.88. The van der Waals surface area contributed by atoms with Crippen molar-refractivity contribution in [2.75, 3.05) is 5.73 Å². The topological polar surface area (TPSA) is 67.6 Å². The molecule has 1 aromatic carbocycles. The van der Waals surface area contributed by atoms with Crippen molar-refractivity contribution >= 4 is 27.6 Å². The predicted octanol–water partition coefficient (Wildman–Crippen LogP) is 3.36. The Morgan fingerprint density at radius 3 is 2.85 bits per heavy atom. The highest BCUT2D eigenvalue weighted by atomic mass is 14.8. The normalized spacial score (nSPS) is 11.2. The van der Waals surface area contributed by atoms with Crippen LogP contribution >= 0.6 is 0 Å². The van der Waals surface area contributed by atoms with Crippen LogP contribution < -0.4 is 5.73 Å². The summed E-state index contributed by atoms with van der Waals surface area (Å²) >= 11 is 0. The van der Waals surface area contributed by atoms with Gasteiger partial charge >= 0.3 is 0 Å². The Kier molecular flexibility index (Phi) is 2.23. The van der Waals surface area contributed by atoms with Gasteiger partial charge in [0.2, 0.25) is 0 Å². The van der Waals surface area contributed by atoms with Crippen LogP contribution in [0.1, 0.15) is 0 Å². The Bertz CT molecular complexity index is 924. The first-order valence-corrected chi connectivity index (χ1v) is 6.40. The molecule has 0 aliphatic heterocycles. The molecule has 0 aliphatic rings. The Balaban J connectivity index is 2.00. The van der Waals surface area contributed by atoms with Gasteiger partial charge in [-0.25, -0.2) is 4.98 Å². The molecule has 3 aromatic heterocycles. The highest BCUT2D eigenvalue weighted by Gasteiger charge is 2.08. The molecule has 3 N–H and O–H groups in total. The zero-order valence-corrected chi connectivity index (χ0v) is 10.7. The molecule has 0 unspecified atom stereocenters. The lowest BCUT2D eigenvalue weighted by Gasteiger charge is -2.04. The average Bonchev–Trinajstić information content (AvgIpc) is 2.91. The number of nitrogen functional groups attached to an aromatic ring is 1. The minimum absolute atomic E-state index is 0.745. The van der Waals surface area contributed by atoms with Crippen molar-refractivity contribution < 1.29 is 0 Å². The van der Waals surface area contributed by atoms with E-state index >= 15 is 0 Å². The molecule has 4 rings (SSSR count). The predicted molar refractivity (Wildman–Crippen MR) is 81.2 cm³/mol. The zero-order chi connectivity index (χ0) is 13.5. The van der Waals surface area contributed by atoms with Crippen LogP contribution in [0.15, 0.2) is 55.0 Å². The number of nitrogens with zero attached hydrogens (tertiary/aromatic N) is 2. The number of aromatic nitrogens is 3. The van der Waals surface area contributed by atoms with E-state index in [1.807, 2.05) is 24.4 Å². The molecule has 0 bridgehead atoms. The van der Waals surface area contributed by atoms with Crippen LogP contribution in [-0.2, 0) is 0 Å². The van der Waals surface area contributed by atoms with Gasteiger partial charge in [-0.3, -0.25) is 4.98 Å². The van der Waals surface area contributed by atoms with E-state index in [1.165, 1.54) is 0 Å². The summed E-state index contributed by atoms with van der Waals surface area (Å²) in [5.41, 5.74) is 10.8. The van der Waals surface area contributed by atoms with E-state index in [0.717, 1.165) is 38.8 Å². The van der Waals surface area contributed by atoms with E-state index in [4.69, 9.17) is 5.73 Å². The summed E-state index contributed by atoms with van der Waals surface area (Å²) in [6, 6.07) is 12.0. The number of H-pyrrole nitrogens is 1. The number of hydrogen-bond donors (Lipinski definition) is 2. The third-order valence-corrected chi connectivity index (χ3v) is 3.54. The molecule has 0 aliphatic carbocycles. The number of nitrogens with two attached hydrogens (primary N) is 1. The van der Waals surface area contributed by atoms with E-state index in [9.17, 15) is 0 Å². The highest BCUT2D eigenvalue weighted by molar-refractivity contribution is 5.98. The van der Waals surface area contributed by atoms with E-state index in [0.29, 0.717) is 0 Å². The number of nitrogens with one attached hydrogen (secondary N) is 1. The Labute approximate surface area is 115 Å². The van der Waals surface area contributed by atoms with Crippen molar-refractivity contribution in [1.29, 1.82) is 0 Å². The fourth-order valence-corrected chi connectivity index (χ4v) is 2.53. The lowest BCUT2D eigenvalue weighted by atomic mass is 10.0. The number of rotatable bonds is 1. The first-order valence-electron chi connectivity index (χ1n) is 6.40. The van der Waals surface area contributed by atoms with Gasteiger partial charge in [-0.15, -0.1) is 0 Å². The summed E-state index contributed by atoms with van der Waals surface area (Å²) in [7, 11) is 0. The summed E-state index contributed by atoms with van der Waals surface area (Å²) < 4.78 is 0. The first-order chi connectivity index (χ1) is 9.83. The maximum Gasteiger partial charge on any atom is 0.137 e. The minimum atomic E-state index is 0.745. The molecule has 0 radical (unpaired) electrons. The molecule has 0 saturated heterocycles. The summed E-state index contributed by atoms with van der Waals surface area (Å²) in [5.74, 6) is 0. The van der Waals surface area contributed by atoms with E-state index in [-0.39, 0.29) is 0 Å². The van der Waals surface area contributed by atoms with E-state index in [2.05, 4.69) is 33.2 Å². The van der Waals surface area contributed by atoms with Gasteiger partial charge in [-0.1, -0.05) is 6.07 Å². The zero-order valence-electron chi connectivity index (χ0n) is 10.7. The number of benzene rings is 1. The SMILES string of the molecule is Nc1ccnc2ccc(-c3c[nH]c4ncccc34)cc12. The molecule has 0 saturated carbocycles. The van der Waals surface area contributed by atoms with Crippen LogP contribution in [0.2, 0.25) is 0 Å². The standard InChI is InChI=1S/C16H12N4/c17-14-5-7-18-15-4-3-10(8-12(14)15)13-9-20-16-11(13)2-1-6-19-16/h1-9H,(H2,17,18)(H,19,20). The van der Waals surface area contributed by atoms with Crippen molar-refractivity contribution in [3.63, 3.8) is 0 Å².